The third kappa shape index (κ3) is 3.45. The summed E-state index contributed by atoms with van der Waals surface area (Å²) in [5.74, 6) is -0.0115. The Morgan fingerprint density at radius 2 is 2.04 bits per heavy atom. The molecule has 4 rings (SSSR count). The molecule has 1 aliphatic rings. The van der Waals surface area contributed by atoms with E-state index in [-0.39, 0.29) is 17.6 Å². The summed E-state index contributed by atoms with van der Waals surface area (Å²) in [7, 11) is 0. The molecule has 3 heterocycles. The first-order chi connectivity index (χ1) is 12.6. The van der Waals surface area contributed by atoms with Crippen LogP contribution in [0.1, 0.15) is 31.4 Å². The lowest BCUT2D eigenvalue weighted by Crippen LogP contribution is -2.35. The molecule has 0 spiro atoms. The number of benzene rings is 1. The maximum absolute atomic E-state index is 12.6. The van der Waals surface area contributed by atoms with Crippen LogP contribution in [0.15, 0.2) is 56.9 Å². The molecule has 2 aromatic heterocycles. The smallest absolute Gasteiger partial charge is 0.291 e. The van der Waals surface area contributed by atoms with Gasteiger partial charge in [0.25, 0.3) is 11.8 Å². The Balaban J connectivity index is 1.50. The van der Waals surface area contributed by atoms with Crippen molar-refractivity contribution in [3.05, 3.63) is 74.3 Å². The van der Waals surface area contributed by atoms with Crippen LogP contribution < -0.4 is 5.32 Å². The summed E-state index contributed by atoms with van der Waals surface area (Å²) >= 11 is 4.64. The number of amides is 2. The predicted molar refractivity (Wildman–Crippen MR) is 104 cm³/mol. The van der Waals surface area contributed by atoms with E-state index in [4.69, 9.17) is 4.42 Å². The Morgan fingerprint density at radius 3 is 2.77 bits per heavy atom. The maximum Gasteiger partial charge on any atom is 0.291 e. The van der Waals surface area contributed by atoms with Gasteiger partial charge in [-0.25, -0.2) is 0 Å². The first-order valence-corrected chi connectivity index (χ1v) is 9.79. The highest BCUT2D eigenvalue weighted by atomic mass is 79.9. The highest BCUT2D eigenvalue weighted by Gasteiger charge is 2.23. The van der Waals surface area contributed by atoms with Crippen molar-refractivity contribution in [2.75, 3.05) is 11.9 Å². The highest BCUT2D eigenvalue weighted by Crippen LogP contribution is 2.25. The van der Waals surface area contributed by atoms with Gasteiger partial charge in [0.1, 0.15) is 0 Å². The van der Waals surface area contributed by atoms with Crippen LogP contribution in [0, 0.1) is 0 Å². The Hall–Kier alpha value is -2.38. The van der Waals surface area contributed by atoms with Gasteiger partial charge >= 0.3 is 0 Å². The van der Waals surface area contributed by atoms with Crippen LogP contribution >= 0.6 is 27.3 Å². The molecule has 0 atom stereocenters. The second kappa shape index (κ2) is 7.09. The summed E-state index contributed by atoms with van der Waals surface area (Å²) in [6, 6.07) is 12.8. The summed E-state index contributed by atoms with van der Waals surface area (Å²) in [6.45, 7) is 1.25. The van der Waals surface area contributed by atoms with Crippen LogP contribution in [-0.2, 0) is 13.0 Å². The van der Waals surface area contributed by atoms with Crippen molar-refractivity contribution in [1.82, 2.24) is 4.90 Å². The Labute approximate surface area is 162 Å². The summed E-state index contributed by atoms with van der Waals surface area (Å²) in [5, 5.41) is 4.75. The average Bonchev–Trinajstić information content (AvgIpc) is 3.32. The van der Waals surface area contributed by atoms with Gasteiger partial charge in [-0.3, -0.25) is 9.59 Å². The van der Waals surface area contributed by atoms with Crippen molar-refractivity contribution in [3.8, 4) is 0 Å². The first-order valence-electron chi connectivity index (χ1n) is 8.11. The zero-order valence-corrected chi connectivity index (χ0v) is 16.1. The van der Waals surface area contributed by atoms with Gasteiger partial charge in [-0.1, -0.05) is 12.1 Å². The molecule has 2 amide bonds. The number of halogens is 1. The van der Waals surface area contributed by atoms with Crippen LogP contribution in [0.25, 0.3) is 0 Å². The van der Waals surface area contributed by atoms with Crippen LogP contribution in [0.2, 0.25) is 0 Å². The molecule has 26 heavy (non-hydrogen) atoms. The molecule has 3 aromatic rings. The summed E-state index contributed by atoms with van der Waals surface area (Å²) in [4.78, 5) is 27.4. The summed E-state index contributed by atoms with van der Waals surface area (Å²) < 4.78 is 5.78. The Morgan fingerprint density at radius 1 is 1.15 bits per heavy atom. The van der Waals surface area contributed by atoms with Gasteiger partial charge in [0.2, 0.25) is 0 Å². The van der Waals surface area contributed by atoms with E-state index in [1.165, 1.54) is 16.9 Å². The van der Waals surface area contributed by atoms with E-state index < -0.39 is 0 Å². The first kappa shape index (κ1) is 17.1. The minimum atomic E-state index is -0.307. The SMILES string of the molecule is O=C(Nc1ccc2c(c1)CN(C(=O)c1cccs1)CC2)c1ccc(Br)o1. The topological polar surface area (TPSA) is 62.6 Å². The third-order valence-electron chi connectivity index (χ3n) is 4.29. The van der Waals surface area contributed by atoms with Gasteiger partial charge in [-0.2, -0.15) is 0 Å². The molecule has 1 N–H and O–H groups in total. The van der Waals surface area contributed by atoms with Gasteiger partial charge in [0.05, 0.1) is 4.88 Å². The Bertz CT molecular complexity index is 965. The van der Waals surface area contributed by atoms with Crippen LogP contribution in [0.5, 0.6) is 0 Å². The van der Waals surface area contributed by atoms with Crippen LogP contribution in [0.4, 0.5) is 5.69 Å². The minimum Gasteiger partial charge on any atom is -0.444 e. The molecule has 0 fully saturated rings. The molecular weight excluding hydrogens is 416 g/mol. The van der Waals surface area contributed by atoms with E-state index in [0.29, 0.717) is 23.4 Å². The van der Waals surface area contributed by atoms with E-state index in [1.54, 1.807) is 12.1 Å². The summed E-state index contributed by atoms with van der Waals surface area (Å²) in [6.07, 6.45) is 0.811. The Kier molecular flexibility index (Phi) is 4.65. The number of anilines is 1. The lowest BCUT2D eigenvalue weighted by atomic mass is 9.99. The van der Waals surface area contributed by atoms with Gasteiger partial charge in [-0.15, -0.1) is 11.3 Å². The van der Waals surface area contributed by atoms with E-state index in [9.17, 15) is 9.59 Å². The third-order valence-corrected chi connectivity index (χ3v) is 5.58. The number of carbonyl (C=O) groups excluding carboxylic acids is 2. The van der Waals surface area contributed by atoms with Gasteiger partial charge in [0, 0.05) is 18.8 Å². The molecule has 1 aromatic carbocycles. The second-order valence-corrected chi connectivity index (χ2v) is 7.72. The average molecular weight is 431 g/mol. The molecule has 132 valence electrons. The maximum atomic E-state index is 12.6. The number of nitrogens with one attached hydrogen (secondary N) is 1. The van der Waals surface area contributed by atoms with Crippen LogP contribution in [-0.4, -0.2) is 23.3 Å². The number of hydrogen-bond donors (Lipinski definition) is 1. The number of rotatable bonds is 3. The quantitative estimate of drug-likeness (QED) is 0.662. The van der Waals surface area contributed by atoms with Crippen molar-refractivity contribution in [2.45, 2.75) is 13.0 Å². The fraction of sp³-hybridized carbons (Fsp3) is 0.158. The molecule has 5 nitrogen and oxygen atoms in total. The fourth-order valence-corrected chi connectivity index (χ4v) is 3.99. The molecule has 1 aliphatic heterocycles. The molecule has 0 bridgehead atoms. The lowest BCUT2D eigenvalue weighted by Gasteiger charge is -2.29. The van der Waals surface area contributed by atoms with Gasteiger partial charge in [-0.05, 0) is 69.2 Å². The van der Waals surface area contributed by atoms with E-state index in [0.717, 1.165) is 16.9 Å². The zero-order valence-electron chi connectivity index (χ0n) is 13.7. The minimum absolute atomic E-state index is 0.0560. The number of fused-ring (bicyclic) bond motifs is 1. The molecule has 0 saturated carbocycles. The molecular formula is C19H15BrN2O3S. The van der Waals surface area contributed by atoms with Crippen molar-refractivity contribution in [1.29, 1.82) is 0 Å². The van der Waals surface area contributed by atoms with E-state index >= 15 is 0 Å². The second-order valence-electron chi connectivity index (χ2n) is 6.00. The molecule has 0 saturated heterocycles. The molecule has 7 heteroatoms. The summed E-state index contributed by atoms with van der Waals surface area (Å²) in [5.41, 5.74) is 2.95. The van der Waals surface area contributed by atoms with Crippen molar-refractivity contribution in [2.24, 2.45) is 0 Å². The molecule has 0 radical (unpaired) electrons. The van der Waals surface area contributed by atoms with Crippen molar-refractivity contribution < 1.29 is 14.0 Å². The van der Waals surface area contributed by atoms with E-state index in [2.05, 4.69) is 21.2 Å². The van der Waals surface area contributed by atoms with Gasteiger partial charge < -0.3 is 14.6 Å². The number of hydrogen-bond acceptors (Lipinski definition) is 4. The predicted octanol–water partition coefficient (Wildman–Crippen LogP) is 4.55. The highest BCUT2D eigenvalue weighted by molar-refractivity contribution is 9.10. The van der Waals surface area contributed by atoms with Crippen molar-refractivity contribution in [3.63, 3.8) is 0 Å². The number of furan rings is 1. The standard InChI is InChI=1S/C19H15BrN2O3S/c20-17-6-5-15(25-17)18(23)21-14-4-3-12-7-8-22(11-13(12)10-14)19(24)16-2-1-9-26-16/h1-6,9-10H,7-8,11H2,(H,21,23). The van der Waals surface area contributed by atoms with E-state index in [1.807, 2.05) is 40.6 Å². The number of thiophene rings is 1. The van der Waals surface area contributed by atoms with Crippen LogP contribution in [0.3, 0.4) is 0 Å². The zero-order chi connectivity index (χ0) is 18.1. The molecule has 0 aliphatic carbocycles. The van der Waals surface area contributed by atoms with Crippen molar-refractivity contribution >= 4 is 44.8 Å². The fourth-order valence-electron chi connectivity index (χ4n) is 2.99. The lowest BCUT2D eigenvalue weighted by molar-refractivity contribution is 0.0739. The van der Waals surface area contributed by atoms with Gasteiger partial charge in [0.15, 0.2) is 10.4 Å². The molecule has 0 unspecified atom stereocenters. The number of nitrogens with zero attached hydrogens (tertiary/aromatic N) is 1. The number of carbonyl (C=O) groups is 2. The monoisotopic (exact) mass is 430 g/mol. The largest absolute Gasteiger partial charge is 0.444 e. The normalized spacial score (nSPS) is 13.3.